The van der Waals surface area contributed by atoms with Crippen LogP contribution in [-0.2, 0) is 13.6 Å². The van der Waals surface area contributed by atoms with E-state index in [1.165, 1.54) is 0 Å². The maximum atomic E-state index is 12.8. The number of aryl methyl sites for hydroxylation is 1. The van der Waals surface area contributed by atoms with Gasteiger partial charge in [-0.15, -0.1) is 5.10 Å². The first-order valence-electron chi connectivity index (χ1n) is 6.71. The third-order valence-electron chi connectivity index (χ3n) is 3.66. The molecule has 0 aliphatic rings. The Morgan fingerprint density at radius 3 is 2.82 bits per heavy atom. The van der Waals surface area contributed by atoms with Gasteiger partial charge in [0.05, 0.1) is 12.9 Å². The van der Waals surface area contributed by atoms with Crippen LogP contribution in [0.1, 0.15) is 5.56 Å². The Labute approximate surface area is 129 Å². The fraction of sp³-hybridized carbons (Fsp3) is 0.143. The molecule has 0 unspecified atom stereocenters. The summed E-state index contributed by atoms with van der Waals surface area (Å²) >= 11 is 5.27. The number of rotatable bonds is 2. The number of aromatic nitrogens is 6. The van der Waals surface area contributed by atoms with Crippen LogP contribution in [0.25, 0.3) is 16.9 Å². The molecule has 0 atom stereocenters. The second kappa shape index (κ2) is 4.63. The van der Waals surface area contributed by atoms with Crippen molar-refractivity contribution < 1.29 is 0 Å². The van der Waals surface area contributed by atoms with E-state index in [-0.39, 0.29) is 5.56 Å². The van der Waals surface area contributed by atoms with Crippen molar-refractivity contribution in [2.45, 2.75) is 6.54 Å². The molecule has 0 fully saturated rings. The lowest BCUT2D eigenvalue weighted by atomic mass is 10.2. The number of hydrogen-bond donors (Lipinski definition) is 1. The molecule has 3 heterocycles. The van der Waals surface area contributed by atoms with Gasteiger partial charge < -0.3 is 4.57 Å². The van der Waals surface area contributed by atoms with E-state index in [0.717, 1.165) is 5.56 Å². The highest BCUT2D eigenvalue weighted by molar-refractivity contribution is 7.71. The molecule has 3 aromatic heterocycles. The lowest BCUT2D eigenvalue weighted by molar-refractivity contribution is 0.759. The van der Waals surface area contributed by atoms with E-state index in [0.29, 0.717) is 28.3 Å². The molecule has 0 aliphatic heterocycles. The van der Waals surface area contributed by atoms with Crippen molar-refractivity contribution in [2.24, 2.45) is 7.05 Å². The van der Waals surface area contributed by atoms with E-state index in [2.05, 4.69) is 15.2 Å². The normalized spacial score (nSPS) is 11.5. The van der Waals surface area contributed by atoms with Crippen LogP contribution in [0.5, 0.6) is 0 Å². The molecule has 0 bridgehead atoms. The van der Waals surface area contributed by atoms with Crippen molar-refractivity contribution in [1.29, 1.82) is 0 Å². The smallest absolute Gasteiger partial charge is 0.281 e. The standard InChI is InChI=1S/C14H12N6OS/c1-18-8-15-11-10(18)12(21)19(7-9-5-3-2-4-6-9)13-16-17-14(22)20(11)13/h2-6,8H,7H2,1H3,(H,17,22). The topological polar surface area (TPSA) is 72.9 Å². The first kappa shape index (κ1) is 13.0. The Kier molecular flexibility index (Phi) is 2.73. The molecule has 0 saturated carbocycles. The van der Waals surface area contributed by atoms with Crippen LogP contribution in [-0.4, -0.2) is 28.7 Å². The number of nitrogens with zero attached hydrogens (tertiary/aromatic N) is 5. The lowest BCUT2D eigenvalue weighted by Crippen LogP contribution is -2.25. The first-order valence-corrected chi connectivity index (χ1v) is 7.12. The average molecular weight is 312 g/mol. The fourth-order valence-electron chi connectivity index (χ4n) is 2.62. The third kappa shape index (κ3) is 1.74. The summed E-state index contributed by atoms with van der Waals surface area (Å²) in [7, 11) is 1.79. The maximum absolute atomic E-state index is 12.8. The van der Waals surface area contributed by atoms with Crippen LogP contribution < -0.4 is 5.56 Å². The van der Waals surface area contributed by atoms with Crippen LogP contribution in [0, 0.1) is 4.77 Å². The maximum Gasteiger partial charge on any atom is 0.281 e. The number of hydrogen-bond acceptors (Lipinski definition) is 4. The van der Waals surface area contributed by atoms with Crippen LogP contribution in [0.4, 0.5) is 0 Å². The van der Waals surface area contributed by atoms with E-state index in [1.54, 1.807) is 26.9 Å². The molecule has 0 spiro atoms. The Hall–Kier alpha value is -2.74. The van der Waals surface area contributed by atoms with Crippen molar-refractivity contribution in [3.8, 4) is 0 Å². The Morgan fingerprint density at radius 1 is 1.27 bits per heavy atom. The monoisotopic (exact) mass is 312 g/mol. The zero-order valence-electron chi connectivity index (χ0n) is 11.7. The van der Waals surface area contributed by atoms with E-state index in [9.17, 15) is 4.79 Å². The number of imidazole rings is 1. The Morgan fingerprint density at radius 2 is 2.05 bits per heavy atom. The molecule has 0 amide bonds. The number of nitrogens with one attached hydrogen (secondary N) is 1. The largest absolute Gasteiger partial charge is 0.328 e. The molecule has 4 rings (SSSR count). The van der Waals surface area contributed by atoms with Crippen molar-refractivity contribution in [1.82, 2.24) is 28.7 Å². The minimum absolute atomic E-state index is 0.139. The zero-order chi connectivity index (χ0) is 15.3. The first-order chi connectivity index (χ1) is 10.7. The summed E-state index contributed by atoms with van der Waals surface area (Å²) in [6, 6.07) is 9.76. The average Bonchev–Trinajstić information content (AvgIpc) is 3.08. The number of fused-ring (bicyclic) bond motifs is 3. The van der Waals surface area contributed by atoms with Crippen molar-refractivity contribution in [3.05, 3.63) is 57.3 Å². The molecule has 110 valence electrons. The molecule has 22 heavy (non-hydrogen) atoms. The van der Waals surface area contributed by atoms with Gasteiger partial charge in [0.25, 0.3) is 5.56 Å². The highest BCUT2D eigenvalue weighted by Crippen LogP contribution is 2.12. The van der Waals surface area contributed by atoms with Gasteiger partial charge in [-0.2, -0.15) is 0 Å². The minimum Gasteiger partial charge on any atom is -0.328 e. The minimum atomic E-state index is -0.139. The van der Waals surface area contributed by atoms with Gasteiger partial charge in [0.2, 0.25) is 10.5 Å². The van der Waals surface area contributed by atoms with Crippen LogP contribution in [0.2, 0.25) is 0 Å². The van der Waals surface area contributed by atoms with Gasteiger partial charge in [-0.3, -0.25) is 9.36 Å². The molecule has 4 aromatic rings. The summed E-state index contributed by atoms with van der Waals surface area (Å²) < 4.78 is 5.41. The van der Waals surface area contributed by atoms with Crippen molar-refractivity contribution in [2.75, 3.05) is 0 Å². The second-order valence-electron chi connectivity index (χ2n) is 5.07. The predicted octanol–water partition coefficient (Wildman–Crippen LogP) is 1.49. The number of benzene rings is 1. The van der Waals surface area contributed by atoms with Crippen LogP contribution in [0.3, 0.4) is 0 Å². The van der Waals surface area contributed by atoms with Crippen molar-refractivity contribution in [3.63, 3.8) is 0 Å². The third-order valence-corrected chi connectivity index (χ3v) is 3.93. The molecule has 7 nitrogen and oxygen atoms in total. The zero-order valence-corrected chi connectivity index (χ0v) is 12.5. The quantitative estimate of drug-likeness (QED) is 0.569. The lowest BCUT2D eigenvalue weighted by Gasteiger charge is -2.08. The number of aromatic amines is 1. The molecule has 1 aromatic carbocycles. The van der Waals surface area contributed by atoms with Gasteiger partial charge in [0, 0.05) is 7.05 Å². The summed E-state index contributed by atoms with van der Waals surface area (Å²) in [4.78, 5) is 17.1. The fourth-order valence-corrected chi connectivity index (χ4v) is 2.83. The van der Waals surface area contributed by atoms with Gasteiger partial charge >= 0.3 is 0 Å². The summed E-state index contributed by atoms with van der Waals surface area (Å²) in [5.41, 5.74) is 1.90. The van der Waals surface area contributed by atoms with E-state index < -0.39 is 0 Å². The van der Waals surface area contributed by atoms with E-state index in [1.807, 2.05) is 30.3 Å². The highest BCUT2D eigenvalue weighted by atomic mass is 32.1. The summed E-state index contributed by atoms with van der Waals surface area (Å²) in [6.45, 7) is 0.421. The molecule has 1 N–H and O–H groups in total. The summed E-state index contributed by atoms with van der Waals surface area (Å²) in [6.07, 6.45) is 1.60. The molecule has 0 aliphatic carbocycles. The van der Waals surface area contributed by atoms with Crippen LogP contribution >= 0.6 is 12.2 Å². The molecule has 0 radical (unpaired) electrons. The predicted molar refractivity (Wildman–Crippen MR) is 84.5 cm³/mol. The van der Waals surface area contributed by atoms with E-state index >= 15 is 0 Å². The Balaban J connectivity index is 2.12. The van der Waals surface area contributed by atoms with Gasteiger partial charge in [0.15, 0.2) is 11.2 Å². The molecular formula is C14H12N6OS. The second-order valence-corrected chi connectivity index (χ2v) is 5.46. The van der Waals surface area contributed by atoms with Crippen LogP contribution in [0.15, 0.2) is 41.5 Å². The van der Waals surface area contributed by atoms with E-state index in [4.69, 9.17) is 12.2 Å². The summed E-state index contributed by atoms with van der Waals surface area (Å²) in [5, 5.41) is 6.93. The van der Waals surface area contributed by atoms with Gasteiger partial charge in [-0.1, -0.05) is 30.3 Å². The van der Waals surface area contributed by atoms with Gasteiger partial charge in [-0.05, 0) is 17.8 Å². The number of H-pyrrole nitrogens is 1. The highest BCUT2D eigenvalue weighted by Gasteiger charge is 2.16. The SMILES string of the molecule is Cn1cnc2c1c(=O)n(Cc1ccccc1)c1n[nH]c(=S)n21. The molecular weight excluding hydrogens is 300 g/mol. The van der Waals surface area contributed by atoms with Gasteiger partial charge in [-0.25, -0.2) is 14.5 Å². The summed E-state index contributed by atoms with van der Waals surface area (Å²) in [5.74, 6) is 0.463. The van der Waals surface area contributed by atoms with Crippen molar-refractivity contribution >= 4 is 29.2 Å². The molecule has 8 heteroatoms. The molecule has 0 saturated heterocycles. The Bertz CT molecular complexity index is 1100. The van der Waals surface area contributed by atoms with Gasteiger partial charge in [0.1, 0.15) is 0 Å².